The van der Waals surface area contributed by atoms with Gasteiger partial charge < -0.3 is 10.6 Å². The average Bonchev–Trinajstić information content (AvgIpc) is 2.76. The Morgan fingerprint density at radius 2 is 2.41 bits per heavy atom. The van der Waals surface area contributed by atoms with Gasteiger partial charge in [0, 0.05) is 23.9 Å². The molecule has 1 amide bonds. The number of fused-ring (bicyclic) bond motifs is 1. The monoisotopic (exact) mass is 274 g/mol. The lowest BCUT2D eigenvalue weighted by Crippen LogP contribution is -2.42. The molecule has 0 spiro atoms. The molecule has 17 heavy (non-hydrogen) atoms. The first-order valence-corrected chi connectivity index (χ1v) is 6.60. The highest BCUT2D eigenvalue weighted by Crippen LogP contribution is 2.33. The summed E-state index contributed by atoms with van der Waals surface area (Å²) >= 11 is 1.79. The molecule has 0 fully saturated rings. The third-order valence-corrected chi connectivity index (χ3v) is 4.33. The summed E-state index contributed by atoms with van der Waals surface area (Å²) in [5, 5.41) is 2.11. The van der Waals surface area contributed by atoms with Crippen molar-refractivity contribution in [3.05, 3.63) is 21.9 Å². The van der Waals surface area contributed by atoms with Crippen molar-refractivity contribution >= 4 is 29.7 Å². The fraction of sp³-hybridized carbons (Fsp3) is 0.583. The quantitative estimate of drug-likeness (QED) is 0.899. The molecule has 0 radical (unpaired) electrons. The Bertz CT molecular complexity index is 394. The molecular formula is C12H19ClN2OS. The van der Waals surface area contributed by atoms with Gasteiger partial charge in [-0.3, -0.25) is 4.79 Å². The molecule has 1 aromatic heterocycles. The minimum atomic E-state index is -0.0670. The summed E-state index contributed by atoms with van der Waals surface area (Å²) in [7, 11) is 0. The number of hydrogen-bond donors (Lipinski definition) is 1. The number of carbonyl (C=O) groups excluding carboxylic acids is 1. The fourth-order valence-electron chi connectivity index (χ4n) is 2.19. The number of thiophene rings is 1. The molecule has 2 unspecified atom stereocenters. The lowest BCUT2D eigenvalue weighted by Gasteiger charge is -2.35. The molecule has 0 saturated carbocycles. The first kappa shape index (κ1) is 14.5. The van der Waals surface area contributed by atoms with Crippen LogP contribution in [0.3, 0.4) is 0 Å². The number of amides is 1. The van der Waals surface area contributed by atoms with Crippen molar-refractivity contribution in [2.24, 2.45) is 11.7 Å². The van der Waals surface area contributed by atoms with Crippen LogP contribution in [-0.4, -0.2) is 23.9 Å². The summed E-state index contributed by atoms with van der Waals surface area (Å²) in [5.74, 6) is 0.120. The van der Waals surface area contributed by atoms with Gasteiger partial charge in [-0.1, -0.05) is 6.92 Å². The van der Waals surface area contributed by atoms with Crippen LogP contribution >= 0.6 is 23.7 Å². The number of halogens is 1. The summed E-state index contributed by atoms with van der Waals surface area (Å²) < 4.78 is 0. The van der Waals surface area contributed by atoms with E-state index in [1.54, 1.807) is 11.3 Å². The van der Waals surface area contributed by atoms with E-state index in [9.17, 15) is 4.79 Å². The third kappa shape index (κ3) is 2.64. The highest BCUT2D eigenvalue weighted by atomic mass is 35.5. The lowest BCUT2D eigenvalue weighted by atomic mass is 9.99. The van der Waals surface area contributed by atoms with E-state index in [4.69, 9.17) is 5.73 Å². The maximum atomic E-state index is 12.1. The van der Waals surface area contributed by atoms with Crippen LogP contribution in [0.1, 0.15) is 30.3 Å². The molecule has 5 heteroatoms. The largest absolute Gasteiger partial charge is 0.335 e. The van der Waals surface area contributed by atoms with Gasteiger partial charge >= 0.3 is 0 Å². The van der Waals surface area contributed by atoms with Crippen molar-refractivity contribution in [1.82, 2.24) is 4.90 Å². The van der Waals surface area contributed by atoms with Crippen LogP contribution < -0.4 is 5.73 Å². The van der Waals surface area contributed by atoms with Crippen LogP contribution in [0.2, 0.25) is 0 Å². The van der Waals surface area contributed by atoms with Crippen LogP contribution in [0.5, 0.6) is 0 Å². The predicted molar refractivity (Wildman–Crippen MR) is 73.6 cm³/mol. The zero-order valence-corrected chi connectivity index (χ0v) is 11.8. The molecule has 2 heterocycles. The number of nitrogens with two attached hydrogens (primary N) is 1. The van der Waals surface area contributed by atoms with Gasteiger partial charge in [-0.2, -0.15) is 0 Å². The molecule has 0 aromatic carbocycles. The lowest BCUT2D eigenvalue weighted by molar-refractivity contribution is -0.137. The fourth-order valence-corrected chi connectivity index (χ4v) is 3.16. The second-order valence-electron chi connectivity index (χ2n) is 4.39. The van der Waals surface area contributed by atoms with Crippen molar-refractivity contribution in [1.29, 1.82) is 0 Å². The van der Waals surface area contributed by atoms with Gasteiger partial charge in [-0.15, -0.1) is 23.7 Å². The van der Waals surface area contributed by atoms with Gasteiger partial charge in [0.2, 0.25) is 5.91 Å². The SMILES string of the molecule is CC(CN)C(=O)N1CCc2sccc2C1C.Cl. The van der Waals surface area contributed by atoms with E-state index >= 15 is 0 Å². The van der Waals surface area contributed by atoms with Crippen molar-refractivity contribution in [3.8, 4) is 0 Å². The van der Waals surface area contributed by atoms with E-state index in [0.717, 1.165) is 13.0 Å². The van der Waals surface area contributed by atoms with Crippen LogP contribution in [-0.2, 0) is 11.2 Å². The standard InChI is InChI=1S/C12H18N2OS.ClH/c1-8(7-13)12(15)14-5-3-11-10(9(14)2)4-6-16-11;/h4,6,8-9H,3,5,7,13H2,1-2H3;1H. The second kappa shape index (κ2) is 5.85. The summed E-state index contributed by atoms with van der Waals surface area (Å²) in [6, 6.07) is 2.34. The molecular weight excluding hydrogens is 256 g/mol. The number of hydrogen-bond acceptors (Lipinski definition) is 3. The highest BCUT2D eigenvalue weighted by molar-refractivity contribution is 7.10. The average molecular weight is 275 g/mol. The maximum Gasteiger partial charge on any atom is 0.227 e. The maximum absolute atomic E-state index is 12.1. The van der Waals surface area contributed by atoms with Gasteiger partial charge in [0.1, 0.15) is 0 Å². The van der Waals surface area contributed by atoms with Crippen LogP contribution in [0.15, 0.2) is 11.4 Å². The molecule has 0 saturated heterocycles. The Morgan fingerprint density at radius 3 is 3.06 bits per heavy atom. The Morgan fingerprint density at radius 1 is 1.71 bits per heavy atom. The molecule has 1 aliphatic rings. The molecule has 2 atom stereocenters. The first-order valence-electron chi connectivity index (χ1n) is 5.72. The Labute approximate surface area is 112 Å². The summed E-state index contributed by atoms with van der Waals surface area (Å²) in [4.78, 5) is 15.5. The van der Waals surface area contributed by atoms with E-state index < -0.39 is 0 Å². The number of nitrogens with zero attached hydrogens (tertiary/aromatic N) is 1. The summed E-state index contributed by atoms with van der Waals surface area (Å²) in [6.45, 7) is 5.26. The normalized spacial score (nSPS) is 20.4. The predicted octanol–water partition coefficient (Wildman–Crippen LogP) is 2.21. The van der Waals surface area contributed by atoms with Gasteiger partial charge in [0.15, 0.2) is 0 Å². The Kier molecular flexibility index (Phi) is 4.98. The molecule has 1 aliphatic heterocycles. The van der Waals surface area contributed by atoms with E-state index in [2.05, 4.69) is 18.4 Å². The Hall–Kier alpha value is -0.580. The highest BCUT2D eigenvalue weighted by Gasteiger charge is 2.30. The molecule has 3 nitrogen and oxygen atoms in total. The van der Waals surface area contributed by atoms with E-state index in [1.807, 2.05) is 11.8 Å². The second-order valence-corrected chi connectivity index (χ2v) is 5.39. The summed E-state index contributed by atoms with van der Waals surface area (Å²) in [5.41, 5.74) is 6.87. The van der Waals surface area contributed by atoms with Gasteiger partial charge in [-0.25, -0.2) is 0 Å². The molecule has 2 rings (SSSR count). The number of carbonyl (C=O) groups is 1. The first-order chi connectivity index (χ1) is 7.65. The summed E-state index contributed by atoms with van der Waals surface area (Å²) in [6.07, 6.45) is 0.986. The van der Waals surface area contributed by atoms with E-state index in [1.165, 1.54) is 10.4 Å². The zero-order chi connectivity index (χ0) is 11.7. The van der Waals surface area contributed by atoms with Crippen molar-refractivity contribution in [2.45, 2.75) is 26.3 Å². The minimum Gasteiger partial charge on any atom is -0.335 e. The van der Waals surface area contributed by atoms with Crippen molar-refractivity contribution < 1.29 is 4.79 Å². The topological polar surface area (TPSA) is 46.3 Å². The minimum absolute atomic E-state index is 0. The molecule has 2 N–H and O–H groups in total. The Balaban J connectivity index is 0.00000144. The van der Waals surface area contributed by atoms with Gasteiger partial charge in [0.25, 0.3) is 0 Å². The molecule has 1 aromatic rings. The molecule has 0 bridgehead atoms. The van der Waals surface area contributed by atoms with Gasteiger partial charge in [-0.05, 0) is 30.4 Å². The molecule has 96 valence electrons. The number of rotatable bonds is 2. The molecule has 0 aliphatic carbocycles. The van der Waals surface area contributed by atoms with E-state index in [-0.39, 0.29) is 30.3 Å². The van der Waals surface area contributed by atoms with Crippen molar-refractivity contribution in [2.75, 3.05) is 13.1 Å². The zero-order valence-electron chi connectivity index (χ0n) is 10.2. The third-order valence-electron chi connectivity index (χ3n) is 3.34. The van der Waals surface area contributed by atoms with Crippen LogP contribution in [0.4, 0.5) is 0 Å². The van der Waals surface area contributed by atoms with Crippen LogP contribution in [0.25, 0.3) is 0 Å². The van der Waals surface area contributed by atoms with Gasteiger partial charge in [0.05, 0.1) is 6.04 Å². The van der Waals surface area contributed by atoms with Crippen molar-refractivity contribution in [3.63, 3.8) is 0 Å². The van der Waals surface area contributed by atoms with E-state index in [0.29, 0.717) is 6.54 Å². The van der Waals surface area contributed by atoms with Crippen LogP contribution in [0, 0.1) is 5.92 Å². The smallest absolute Gasteiger partial charge is 0.227 e.